The van der Waals surface area contributed by atoms with Gasteiger partial charge in [-0.15, -0.1) is 0 Å². The summed E-state index contributed by atoms with van der Waals surface area (Å²) in [5.74, 6) is -3.32. The fraction of sp³-hybridized carbons (Fsp3) is 0.909. The second-order valence-electron chi connectivity index (χ2n) is 26.9. The van der Waals surface area contributed by atoms with E-state index in [-0.39, 0.29) is 96.5 Å². The fourth-order valence-corrected chi connectivity index (χ4v) is 11.9. The maximum Gasteiger partial charge on any atom is 0.242 e. The number of amides is 6. The Labute approximate surface area is 600 Å². The molecule has 103 heavy (non-hydrogen) atoms. The van der Waals surface area contributed by atoms with Gasteiger partial charge in [-0.3, -0.25) is 28.8 Å². The third-order valence-corrected chi connectivity index (χ3v) is 18.2. The van der Waals surface area contributed by atoms with Crippen LogP contribution in [0.3, 0.4) is 0 Å². The Hall–Kier alpha value is -4.18. The van der Waals surface area contributed by atoms with Crippen molar-refractivity contribution >= 4 is 35.4 Å². The van der Waals surface area contributed by atoms with Crippen molar-refractivity contribution < 1.29 is 148 Å². The van der Waals surface area contributed by atoms with E-state index in [0.717, 1.165) is 0 Å². The first-order chi connectivity index (χ1) is 49.3. The van der Waals surface area contributed by atoms with Crippen LogP contribution in [0.25, 0.3) is 0 Å². The van der Waals surface area contributed by atoms with Gasteiger partial charge in [0, 0.05) is 77.9 Å². The van der Waals surface area contributed by atoms with Crippen molar-refractivity contribution in [3.63, 3.8) is 0 Å². The second kappa shape index (κ2) is 50.4. The fourth-order valence-electron chi connectivity index (χ4n) is 11.9. The molecule has 23 N–H and O–H groups in total. The van der Waals surface area contributed by atoms with Gasteiger partial charge in [0.15, 0.2) is 25.2 Å². The van der Waals surface area contributed by atoms with Crippen molar-refractivity contribution in [1.82, 2.24) is 37.2 Å². The molecule has 0 bridgehead atoms. The molecule has 4 saturated heterocycles. The van der Waals surface area contributed by atoms with Crippen LogP contribution in [0.2, 0.25) is 0 Å². The molecule has 0 spiro atoms. The topological polar surface area (TPSA) is 584 Å². The summed E-state index contributed by atoms with van der Waals surface area (Å²) in [7, 11) is 0. The highest BCUT2D eigenvalue weighted by atomic mass is 16.7. The number of hydrogen-bond acceptors (Lipinski definition) is 31. The zero-order chi connectivity index (χ0) is 76.0. The van der Waals surface area contributed by atoms with Crippen LogP contribution < -0.4 is 37.2 Å². The van der Waals surface area contributed by atoms with Crippen molar-refractivity contribution in [1.29, 1.82) is 0 Å². The first-order valence-electron chi connectivity index (χ1n) is 36.4. The molecule has 37 nitrogen and oxygen atoms in total. The van der Waals surface area contributed by atoms with Crippen LogP contribution >= 0.6 is 0 Å². The van der Waals surface area contributed by atoms with E-state index in [9.17, 15) is 110 Å². The molecule has 6 amide bonds. The molecule has 600 valence electrons. The van der Waals surface area contributed by atoms with Crippen LogP contribution in [0.5, 0.6) is 0 Å². The van der Waals surface area contributed by atoms with E-state index in [1.54, 1.807) is 0 Å². The highest BCUT2D eigenvalue weighted by Crippen LogP contribution is 2.27. The Bertz CT molecular complexity index is 2380. The van der Waals surface area contributed by atoms with Crippen molar-refractivity contribution in [2.75, 3.05) is 79.0 Å². The summed E-state index contributed by atoms with van der Waals surface area (Å²) in [5, 5.41) is 179. The summed E-state index contributed by atoms with van der Waals surface area (Å²) >= 11 is 0. The smallest absolute Gasteiger partial charge is 0.242 e. The average Bonchev–Trinajstić information content (AvgIpc) is 0.845. The Kier molecular flexibility index (Phi) is 44.7. The lowest BCUT2D eigenvalue weighted by atomic mass is 9.99. The number of hydrogen-bond donors (Lipinski definition) is 23. The molecule has 37 heteroatoms. The molecule has 23 atom stereocenters. The van der Waals surface area contributed by atoms with E-state index in [1.807, 2.05) is 13.8 Å². The minimum atomic E-state index is -1.60. The summed E-state index contributed by atoms with van der Waals surface area (Å²) < 4.78 is 43.7. The van der Waals surface area contributed by atoms with E-state index < -0.39 is 197 Å². The number of ether oxygens (including phenoxy) is 8. The SMILES string of the molecule is CC(C)NC(CCC(=O)NC(CCC(=O)NC(CCC(=O)NCCCCCCO[C@H]1O[C@H](CO)[C@@H](O)C(O)C1O)C(=O)NCCCCCCO[C@H]1O[C@H](CO)[C@@H](O)C(O)C1O)C(=O)NCCCCCCO[C@H]1O[C@H](CO)[C@@H](O)C(O)C1O)C(=O)NCCCCCCO[C@H]1O[C@H](CO)[C@@H](O)C(O)C1O. The average molecular weight is 1490 g/mol. The third kappa shape index (κ3) is 32.3. The quantitative estimate of drug-likeness (QED) is 0.0252. The summed E-state index contributed by atoms with van der Waals surface area (Å²) in [5.41, 5.74) is 0. The number of carbonyl (C=O) groups is 6. The van der Waals surface area contributed by atoms with Gasteiger partial charge >= 0.3 is 0 Å². The van der Waals surface area contributed by atoms with Crippen LogP contribution in [0, 0.1) is 0 Å². The van der Waals surface area contributed by atoms with E-state index in [1.165, 1.54) is 0 Å². The Morgan fingerprint density at radius 1 is 0.311 bits per heavy atom. The Morgan fingerprint density at radius 2 is 0.553 bits per heavy atom. The first-order valence-corrected chi connectivity index (χ1v) is 36.4. The number of unbranched alkanes of at least 4 members (excludes halogenated alkanes) is 12. The van der Waals surface area contributed by atoms with Crippen LogP contribution in [0.15, 0.2) is 0 Å². The van der Waals surface area contributed by atoms with Crippen LogP contribution in [0.1, 0.15) is 155 Å². The van der Waals surface area contributed by atoms with Crippen molar-refractivity contribution in [3.8, 4) is 0 Å². The molecular formula is C66H121N7O30. The zero-order valence-electron chi connectivity index (χ0n) is 59.3. The summed E-state index contributed by atoms with van der Waals surface area (Å²) in [6.07, 6.45) is -20.3. The molecule has 0 saturated carbocycles. The monoisotopic (exact) mass is 1490 g/mol. The number of rotatable bonds is 52. The van der Waals surface area contributed by atoms with Gasteiger partial charge in [-0.05, 0) is 70.6 Å². The largest absolute Gasteiger partial charge is 0.394 e. The summed E-state index contributed by atoms with van der Waals surface area (Å²) in [6, 6.07) is -3.53. The van der Waals surface area contributed by atoms with Gasteiger partial charge in [0.05, 0.1) is 32.5 Å². The van der Waals surface area contributed by atoms with E-state index in [0.29, 0.717) is 109 Å². The van der Waals surface area contributed by atoms with Crippen LogP contribution in [-0.2, 0) is 66.7 Å². The van der Waals surface area contributed by atoms with E-state index in [2.05, 4.69) is 37.2 Å². The summed E-state index contributed by atoms with van der Waals surface area (Å²) in [4.78, 5) is 82.1. The minimum Gasteiger partial charge on any atom is -0.394 e. The third-order valence-electron chi connectivity index (χ3n) is 18.2. The van der Waals surface area contributed by atoms with Crippen LogP contribution in [0.4, 0.5) is 0 Å². The summed E-state index contributed by atoms with van der Waals surface area (Å²) in [6.45, 7) is 2.59. The van der Waals surface area contributed by atoms with Crippen molar-refractivity contribution in [3.05, 3.63) is 0 Å². The Balaban J connectivity index is 1.33. The van der Waals surface area contributed by atoms with Gasteiger partial charge in [-0.2, -0.15) is 0 Å². The molecule has 11 unspecified atom stereocenters. The molecule has 0 aromatic carbocycles. The highest BCUT2D eigenvalue weighted by molar-refractivity contribution is 5.90. The van der Waals surface area contributed by atoms with E-state index >= 15 is 0 Å². The highest BCUT2D eigenvalue weighted by Gasteiger charge is 2.47. The van der Waals surface area contributed by atoms with Gasteiger partial charge in [0.25, 0.3) is 0 Å². The van der Waals surface area contributed by atoms with Crippen molar-refractivity contribution in [2.24, 2.45) is 0 Å². The van der Waals surface area contributed by atoms with Gasteiger partial charge in [0.1, 0.15) is 110 Å². The van der Waals surface area contributed by atoms with Gasteiger partial charge < -0.3 is 157 Å². The molecule has 0 aromatic rings. The number of carbonyl (C=O) groups excluding carboxylic acids is 6. The molecule has 4 aliphatic rings. The number of aliphatic hydroxyl groups is 16. The predicted octanol–water partition coefficient (Wildman–Crippen LogP) is -7.36. The van der Waals surface area contributed by atoms with Crippen LogP contribution in [-0.4, -0.2) is 343 Å². The minimum absolute atomic E-state index is 0.0109. The van der Waals surface area contributed by atoms with Gasteiger partial charge in [-0.1, -0.05) is 65.2 Å². The second-order valence-corrected chi connectivity index (χ2v) is 26.9. The standard InChI is InChI=1S/C66H121N7O30/c1-37(2)71-38(60(93)68-26-12-4-8-16-30-97-64-57(90)53(86)49(82)42(34-75)101-64)20-23-46(79)73-40(62(95)70-28-14-6-10-18-32-99-66-59(92)55(88)51(84)44(36-77)103-66)21-24-47(80)72-39(61(94)69-27-13-5-9-17-31-98-65-58(91)54(87)50(83)43(35-76)102-65)19-22-45(78)67-25-11-3-7-15-29-96-63-56(89)52(85)48(81)41(33-74)100-63/h37-44,48-59,63-66,71,74-77,81-92H,3-36H2,1-2H3,(H,67,78)(H,68,93)(H,69,94)(H,70,95)(H,72,80)(H,73,79)/t38?,39?,40?,41-,42-,43-,44-,48-,49-,50-,51-,52?,53?,54?,55?,56?,57?,58?,59?,63+,64+,65+,66+/m1/s1. The molecule has 4 rings (SSSR count). The number of aliphatic hydroxyl groups excluding tert-OH is 16. The lowest BCUT2D eigenvalue weighted by molar-refractivity contribution is -0.301. The van der Waals surface area contributed by atoms with Gasteiger partial charge in [-0.25, -0.2) is 0 Å². The lowest BCUT2D eigenvalue weighted by Crippen LogP contribution is -2.59. The first kappa shape index (κ1) is 91.2. The molecule has 0 radical (unpaired) electrons. The lowest BCUT2D eigenvalue weighted by Gasteiger charge is -2.39. The molecule has 0 aromatic heterocycles. The van der Waals surface area contributed by atoms with E-state index in [4.69, 9.17) is 37.9 Å². The molecule has 4 fully saturated rings. The normalized spacial score (nSPS) is 30.4. The Morgan fingerprint density at radius 3 is 0.825 bits per heavy atom. The molecule has 4 aliphatic heterocycles. The van der Waals surface area contributed by atoms with Gasteiger partial charge in [0.2, 0.25) is 35.4 Å². The molecule has 0 aliphatic carbocycles. The van der Waals surface area contributed by atoms with Crippen molar-refractivity contribution in [2.45, 2.75) is 302 Å². The maximum absolute atomic E-state index is 13.9. The maximum atomic E-state index is 13.9. The number of nitrogens with one attached hydrogen (secondary N) is 7. The molecule has 4 heterocycles. The predicted molar refractivity (Wildman–Crippen MR) is 358 cm³/mol. The molecular weight excluding hydrogens is 1370 g/mol. The zero-order valence-corrected chi connectivity index (χ0v) is 59.3.